The number of hydrogen-bond acceptors (Lipinski definition) is 6. The highest BCUT2D eigenvalue weighted by Gasteiger charge is 2.21. The van der Waals surface area contributed by atoms with Crippen molar-refractivity contribution in [2.45, 2.75) is 32.2 Å². The molecule has 1 aromatic rings. The van der Waals surface area contributed by atoms with E-state index in [0.29, 0.717) is 30.1 Å². The average molecular weight is 280 g/mol. The van der Waals surface area contributed by atoms with Gasteiger partial charge in [0, 0.05) is 12.6 Å². The summed E-state index contributed by atoms with van der Waals surface area (Å²) in [6.07, 6.45) is 5.21. The van der Waals surface area contributed by atoms with E-state index in [9.17, 15) is 0 Å². The molecule has 1 aliphatic rings. The first-order valence-electron chi connectivity index (χ1n) is 7.22. The van der Waals surface area contributed by atoms with Gasteiger partial charge in [-0.3, -0.25) is 0 Å². The van der Waals surface area contributed by atoms with Gasteiger partial charge in [-0.1, -0.05) is 6.42 Å². The Hall–Kier alpha value is -1.56. The number of aromatic nitrogens is 2. The maximum Gasteiger partial charge on any atom is 0.262 e. The highest BCUT2D eigenvalue weighted by atomic mass is 16.5. The van der Waals surface area contributed by atoms with Crippen molar-refractivity contribution in [3.05, 3.63) is 6.33 Å². The minimum absolute atomic E-state index is 0.450. The molecule has 0 amide bonds. The van der Waals surface area contributed by atoms with Crippen LogP contribution < -0.4 is 14.8 Å². The lowest BCUT2D eigenvalue weighted by molar-refractivity contribution is 0.120. The van der Waals surface area contributed by atoms with Gasteiger partial charge in [0.25, 0.3) is 5.88 Å². The van der Waals surface area contributed by atoms with E-state index in [2.05, 4.69) is 27.2 Å². The smallest absolute Gasteiger partial charge is 0.262 e. The predicted octanol–water partition coefficient (Wildman–Crippen LogP) is 1.78. The number of rotatable bonds is 6. The van der Waals surface area contributed by atoms with Gasteiger partial charge >= 0.3 is 0 Å². The SMILES string of the molecule is CCNc1ncnc(OCC2CCCCN2C)c1OC. The minimum Gasteiger partial charge on any atom is -0.489 e. The molecule has 2 heterocycles. The summed E-state index contributed by atoms with van der Waals surface area (Å²) in [6, 6.07) is 0.450. The number of methoxy groups -OCH3 is 1. The van der Waals surface area contributed by atoms with Crippen molar-refractivity contribution in [3.63, 3.8) is 0 Å². The minimum atomic E-state index is 0.450. The van der Waals surface area contributed by atoms with Crippen LogP contribution in [0.25, 0.3) is 0 Å². The van der Waals surface area contributed by atoms with E-state index in [4.69, 9.17) is 9.47 Å². The zero-order chi connectivity index (χ0) is 14.4. The van der Waals surface area contributed by atoms with Gasteiger partial charge in [-0.15, -0.1) is 0 Å². The van der Waals surface area contributed by atoms with E-state index < -0.39 is 0 Å². The number of anilines is 1. The van der Waals surface area contributed by atoms with Gasteiger partial charge < -0.3 is 19.7 Å². The highest BCUT2D eigenvalue weighted by molar-refractivity contribution is 5.54. The van der Waals surface area contributed by atoms with Gasteiger partial charge in [-0.25, -0.2) is 4.98 Å². The first-order chi connectivity index (χ1) is 9.76. The number of nitrogens with zero attached hydrogens (tertiary/aromatic N) is 3. The third-order valence-electron chi connectivity index (χ3n) is 3.65. The molecule has 6 heteroatoms. The van der Waals surface area contributed by atoms with E-state index in [1.165, 1.54) is 25.6 Å². The Kier molecular flexibility index (Phi) is 5.40. The summed E-state index contributed by atoms with van der Waals surface area (Å²) in [5.41, 5.74) is 0. The van der Waals surface area contributed by atoms with Crippen molar-refractivity contribution in [2.24, 2.45) is 0 Å². The molecular formula is C14H24N4O2. The van der Waals surface area contributed by atoms with Crippen LogP contribution in [0.3, 0.4) is 0 Å². The van der Waals surface area contributed by atoms with Gasteiger partial charge in [0.1, 0.15) is 12.9 Å². The average Bonchev–Trinajstić information content (AvgIpc) is 2.47. The molecule has 1 atom stereocenters. The van der Waals surface area contributed by atoms with Crippen LogP contribution in [0, 0.1) is 0 Å². The van der Waals surface area contributed by atoms with Crippen molar-refractivity contribution in [1.29, 1.82) is 0 Å². The largest absolute Gasteiger partial charge is 0.489 e. The maximum absolute atomic E-state index is 5.87. The van der Waals surface area contributed by atoms with E-state index in [-0.39, 0.29) is 0 Å². The van der Waals surface area contributed by atoms with Crippen LogP contribution >= 0.6 is 0 Å². The van der Waals surface area contributed by atoms with Crippen LogP contribution in [0.4, 0.5) is 5.82 Å². The number of likely N-dealkylation sites (N-methyl/N-ethyl adjacent to an activating group) is 1. The van der Waals surface area contributed by atoms with Crippen molar-refractivity contribution in [1.82, 2.24) is 14.9 Å². The second kappa shape index (κ2) is 7.28. The highest BCUT2D eigenvalue weighted by Crippen LogP contribution is 2.31. The van der Waals surface area contributed by atoms with E-state index in [1.807, 2.05) is 6.92 Å². The summed E-state index contributed by atoms with van der Waals surface area (Å²) in [5.74, 6) is 1.77. The van der Waals surface area contributed by atoms with Gasteiger partial charge in [0.15, 0.2) is 5.82 Å². The summed E-state index contributed by atoms with van der Waals surface area (Å²) < 4.78 is 11.2. The summed E-state index contributed by atoms with van der Waals surface area (Å²) >= 11 is 0. The maximum atomic E-state index is 5.87. The lowest BCUT2D eigenvalue weighted by Gasteiger charge is -2.32. The third-order valence-corrected chi connectivity index (χ3v) is 3.65. The fourth-order valence-corrected chi connectivity index (χ4v) is 2.47. The van der Waals surface area contributed by atoms with Crippen molar-refractivity contribution < 1.29 is 9.47 Å². The summed E-state index contributed by atoms with van der Waals surface area (Å²) in [4.78, 5) is 10.7. The molecule has 0 aromatic carbocycles. The van der Waals surface area contributed by atoms with Crippen LogP contribution in [-0.4, -0.2) is 54.8 Å². The van der Waals surface area contributed by atoms with Gasteiger partial charge in [0.2, 0.25) is 5.75 Å². The fraction of sp³-hybridized carbons (Fsp3) is 0.714. The molecule has 1 aliphatic heterocycles. The lowest BCUT2D eigenvalue weighted by Crippen LogP contribution is -2.40. The fourth-order valence-electron chi connectivity index (χ4n) is 2.47. The van der Waals surface area contributed by atoms with Crippen LogP contribution in [0.1, 0.15) is 26.2 Å². The summed E-state index contributed by atoms with van der Waals surface area (Å²) in [5, 5.41) is 3.15. The molecular weight excluding hydrogens is 256 g/mol. The third kappa shape index (κ3) is 3.50. The number of ether oxygens (including phenoxy) is 2. The first-order valence-corrected chi connectivity index (χ1v) is 7.22. The Bertz CT molecular complexity index is 428. The molecule has 2 rings (SSSR count). The quantitative estimate of drug-likeness (QED) is 0.857. The molecule has 0 aliphatic carbocycles. The molecule has 1 fully saturated rings. The molecule has 112 valence electrons. The van der Waals surface area contributed by atoms with Crippen LogP contribution in [0.15, 0.2) is 6.33 Å². The Labute approximate surface area is 120 Å². The second-order valence-corrected chi connectivity index (χ2v) is 5.03. The van der Waals surface area contributed by atoms with Gasteiger partial charge in [-0.2, -0.15) is 4.98 Å². The zero-order valence-corrected chi connectivity index (χ0v) is 12.6. The number of piperidine rings is 1. The monoisotopic (exact) mass is 280 g/mol. The first kappa shape index (κ1) is 14.8. The number of likely N-dealkylation sites (tertiary alicyclic amines) is 1. The molecule has 1 aromatic heterocycles. The van der Waals surface area contributed by atoms with Crippen LogP contribution in [-0.2, 0) is 0 Å². The van der Waals surface area contributed by atoms with Crippen LogP contribution in [0.2, 0.25) is 0 Å². The van der Waals surface area contributed by atoms with Crippen molar-refractivity contribution in [3.8, 4) is 11.6 Å². The molecule has 1 saturated heterocycles. The molecule has 1 unspecified atom stereocenters. The topological polar surface area (TPSA) is 59.5 Å². The molecule has 0 radical (unpaired) electrons. The Morgan fingerprint density at radius 3 is 2.95 bits per heavy atom. The number of hydrogen-bond donors (Lipinski definition) is 1. The lowest BCUT2D eigenvalue weighted by atomic mass is 10.0. The van der Waals surface area contributed by atoms with Gasteiger partial charge in [0.05, 0.1) is 7.11 Å². The molecule has 20 heavy (non-hydrogen) atoms. The molecule has 1 N–H and O–H groups in total. The Morgan fingerprint density at radius 1 is 1.40 bits per heavy atom. The Morgan fingerprint density at radius 2 is 2.25 bits per heavy atom. The van der Waals surface area contributed by atoms with Gasteiger partial charge in [-0.05, 0) is 33.4 Å². The molecule has 6 nitrogen and oxygen atoms in total. The summed E-state index contributed by atoms with van der Waals surface area (Å²) in [7, 11) is 3.76. The molecule has 0 saturated carbocycles. The zero-order valence-electron chi connectivity index (χ0n) is 12.6. The van der Waals surface area contributed by atoms with E-state index in [1.54, 1.807) is 7.11 Å². The number of nitrogens with one attached hydrogen (secondary N) is 1. The molecule has 0 bridgehead atoms. The van der Waals surface area contributed by atoms with Crippen molar-refractivity contribution >= 4 is 5.82 Å². The normalized spacial score (nSPS) is 19.6. The Balaban J connectivity index is 2.03. The molecule has 0 spiro atoms. The van der Waals surface area contributed by atoms with E-state index in [0.717, 1.165) is 13.1 Å². The summed E-state index contributed by atoms with van der Waals surface area (Å²) in [6.45, 7) is 4.56. The van der Waals surface area contributed by atoms with E-state index >= 15 is 0 Å². The van der Waals surface area contributed by atoms with Crippen LogP contribution in [0.5, 0.6) is 11.6 Å². The predicted molar refractivity (Wildman–Crippen MR) is 78.5 cm³/mol. The standard InChI is InChI=1S/C14H24N4O2/c1-4-15-13-12(19-3)14(17-10-16-13)20-9-11-7-5-6-8-18(11)2/h10-11H,4-9H2,1-3H3,(H,15,16,17). The van der Waals surface area contributed by atoms with Crippen molar-refractivity contribution in [2.75, 3.05) is 39.2 Å². The second-order valence-electron chi connectivity index (χ2n) is 5.03.